The van der Waals surface area contributed by atoms with Gasteiger partial charge in [-0.25, -0.2) is 58.1 Å². The van der Waals surface area contributed by atoms with Gasteiger partial charge in [-0.05, 0) is 152 Å². The fraction of sp³-hybridized carbons (Fsp3) is 0.259. The second-order valence-electron chi connectivity index (χ2n) is 22.4. The van der Waals surface area contributed by atoms with Gasteiger partial charge in [0.25, 0.3) is 38.8 Å². The van der Waals surface area contributed by atoms with Gasteiger partial charge in [-0.2, -0.15) is 14.7 Å². The predicted molar refractivity (Wildman–Crippen MR) is 412 cm³/mol. The monoisotopic (exact) mass is 1640 g/mol. The zero-order chi connectivity index (χ0) is 87.6. The van der Waals surface area contributed by atoms with Crippen molar-refractivity contribution in [3.05, 3.63) is 216 Å². The first-order chi connectivity index (χ1) is 56.0. The van der Waals surface area contributed by atoms with Crippen LogP contribution in [0, 0.1) is 0 Å². The number of hydrogen-bond acceptors (Lipinski definition) is 33. The number of rotatable bonds is 48. The summed E-state index contributed by atoms with van der Waals surface area (Å²) in [6.45, 7) is 35.0. The smallest absolute Gasteiger partial charge is 0.339 e. The molecule has 36 heteroatoms. The average Bonchev–Trinajstić information content (AvgIpc) is 0.811. The number of esters is 3. The van der Waals surface area contributed by atoms with E-state index < -0.39 is 35.8 Å². The number of ether oxygens (including phenoxy) is 9. The molecule has 6 aromatic rings. The van der Waals surface area contributed by atoms with Gasteiger partial charge in [0.15, 0.2) is 0 Å². The number of hydrogen-bond donors (Lipinski definition) is 3. The second kappa shape index (κ2) is 59.2. The Labute approximate surface area is 671 Å². The molecule has 0 spiro atoms. The standard InChI is InChI=1S/3C23H22O8.3C4H8O4/c1-14(2)18-7-5-17(12-21(18)29-13-24)16-6-8-19(20(11-16)22(25)26)23(27)28-9-10-30-31-15(3)4;1-14(2)18-7-5-17(12-21(18)29-13-24)16-6-8-19(22(25)26)20(11-16)23(27)28-9-10-30-31-15(3)4;1-14(2)19-11-17(6-8-21(19)29-13-24)16-5-7-18(22(25)26)20(12-16)23(27)28-9-10-30-31-15(3)4;3*1-6-8-3-2-7-4-5/h3*5-8,11-13H,1,3,9-10H2,2,4H3,(H,25,26);3*4H,2-3H2,1H3. The highest BCUT2D eigenvalue weighted by molar-refractivity contribution is 6.05. The van der Waals surface area contributed by atoms with Gasteiger partial charge in [-0.15, -0.1) is 0 Å². The number of carbonyl (C=O) groups excluding carboxylic acids is 9. The zero-order valence-electron chi connectivity index (χ0n) is 65.4. The van der Waals surface area contributed by atoms with Crippen molar-refractivity contribution in [1.82, 2.24) is 0 Å². The van der Waals surface area contributed by atoms with Crippen LogP contribution in [0.2, 0.25) is 0 Å². The van der Waals surface area contributed by atoms with Gasteiger partial charge in [0.05, 0.1) is 54.7 Å². The minimum Gasteiger partial charge on any atom is -0.478 e. The summed E-state index contributed by atoms with van der Waals surface area (Å²) in [5.41, 5.74) is 6.43. The highest BCUT2D eigenvalue weighted by atomic mass is 17.2. The molecule has 0 heterocycles. The first kappa shape index (κ1) is 101. The third-order valence-electron chi connectivity index (χ3n) is 13.5. The number of benzene rings is 6. The lowest BCUT2D eigenvalue weighted by Crippen LogP contribution is -2.15. The molecule has 0 unspecified atom stereocenters. The number of carbonyl (C=O) groups is 12. The van der Waals surface area contributed by atoms with Crippen molar-refractivity contribution < 1.29 is 174 Å². The highest BCUT2D eigenvalue weighted by Crippen LogP contribution is 2.35. The van der Waals surface area contributed by atoms with Gasteiger partial charge < -0.3 is 72.6 Å². The summed E-state index contributed by atoms with van der Waals surface area (Å²) < 4.78 is 43.0. The SMILES string of the molecule is C=C(C)OOCCOC(=O)c1cc(-c2ccc(C(=C)C)c(OC=O)c2)ccc1C(=O)O.C=C(C)OOCCOC(=O)c1cc(-c2ccc(OC=O)c(C(=C)C)c2)ccc1C(=O)O.C=C(C)OOCCOC(=O)c1ccc(-c2ccc(C(=C)C)c(OC=O)c2)cc1C(=O)O.COOCCOC=O.COOCCOC=O.COOCCOC=O. The summed E-state index contributed by atoms with van der Waals surface area (Å²) in [5.74, 6) is -4.37. The van der Waals surface area contributed by atoms with Crippen molar-refractivity contribution in [1.29, 1.82) is 0 Å². The molecule has 0 aliphatic rings. The van der Waals surface area contributed by atoms with Crippen molar-refractivity contribution >= 4 is 91.4 Å². The van der Waals surface area contributed by atoms with Gasteiger partial charge in [0.2, 0.25) is 0 Å². The van der Waals surface area contributed by atoms with E-state index in [1.54, 1.807) is 114 Å². The van der Waals surface area contributed by atoms with E-state index in [2.05, 4.69) is 87.9 Å². The molecule has 0 radical (unpaired) electrons. The van der Waals surface area contributed by atoms with E-state index in [1.165, 1.54) is 57.7 Å². The Hall–Kier alpha value is -13.6. The van der Waals surface area contributed by atoms with Crippen molar-refractivity contribution in [3.8, 4) is 50.6 Å². The maximum absolute atomic E-state index is 12.5. The van der Waals surface area contributed by atoms with Crippen LogP contribution in [0.1, 0.15) is 120 Å². The summed E-state index contributed by atoms with van der Waals surface area (Å²) in [6.07, 6.45) is 0. The molecular formula is C81H90O36. The molecule has 0 aromatic heterocycles. The van der Waals surface area contributed by atoms with Crippen molar-refractivity contribution in [2.45, 2.75) is 41.5 Å². The fourth-order valence-electron chi connectivity index (χ4n) is 8.65. The second-order valence-corrected chi connectivity index (χ2v) is 22.4. The topological polar surface area (TPSA) is 459 Å². The van der Waals surface area contributed by atoms with Crippen LogP contribution in [0.3, 0.4) is 0 Å². The molecule has 6 rings (SSSR count). The molecular weight excluding hydrogens is 1550 g/mol. The van der Waals surface area contributed by atoms with E-state index in [-0.39, 0.29) is 118 Å². The van der Waals surface area contributed by atoms with E-state index in [9.17, 15) is 72.9 Å². The van der Waals surface area contributed by atoms with Crippen LogP contribution in [0.15, 0.2) is 166 Å². The van der Waals surface area contributed by atoms with Crippen LogP contribution in [-0.4, -0.2) is 191 Å². The summed E-state index contributed by atoms with van der Waals surface area (Å²) in [5, 5.41) is 28.4. The zero-order valence-corrected chi connectivity index (χ0v) is 65.4. The largest absolute Gasteiger partial charge is 0.478 e. The maximum Gasteiger partial charge on any atom is 0.339 e. The Morgan fingerprint density at radius 2 is 0.538 bits per heavy atom. The predicted octanol–water partition coefficient (Wildman–Crippen LogP) is 12.0. The highest BCUT2D eigenvalue weighted by Gasteiger charge is 2.24. The lowest BCUT2D eigenvalue weighted by molar-refractivity contribution is -0.276. The van der Waals surface area contributed by atoms with Gasteiger partial charge >= 0.3 is 35.8 Å². The van der Waals surface area contributed by atoms with E-state index in [1.807, 2.05) is 0 Å². The Morgan fingerprint density at radius 3 is 0.821 bits per heavy atom. The van der Waals surface area contributed by atoms with Gasteiger partial charge in [0, 0.05) is 16.7 Å². The molecule has 0 atom stereocenters. The van der Waals surface area contributed by atoms with Crippen molar-refractivity contribution in [2.24, 2.45) is 0 Å². The van der Waals surface area contributed by atoms with Gasteiger partial charge in [0.1, 0.15) is 114 Å². The molecule has 0 aliphatic carbocycles. The number of aromatic carboxylic acids is 3. The minimum absolute atomic E-state index is 0.0480. The van der Waals surface area contributed by atoms with Crippen LogP contribution in [0.4, 0.5) is 0 Å². The fourth-order valence-corrected chi connectivity index (χ4v) is 8.65. The Kier molecular flexibility index (Phi) is 51.3. The number of carboxylic acids is 3. The molecule has 630 valence electrons. The van der Waals surface area contributed by atoms with Crippen LogP contribution in [0.25, 0.3) is 50.1 Å². The Balaban J connectivity index is 0.000000766. The Bertz CT molecular complexity index is 4290. The lowest BCUT2D eigenvalue weighted by atomic mass is 9.96. The van der Waals surface area contributed by atoms with Gasteiger partial charge in [-0.1, -0.05) is 88.0 Å². The number of carboxylic acid groups (broad SMARTS) is 3. The quantitative estimate of drug-likeness (QED) is 0.00607. The van der Waals surface area contributed by atoms with Crippen LogP contribution in [-0.2, 0) is 116 Å². The molecule has 0 fully saturated rings. The molecule has 0 amide bonds. The molecule has 36 nitrogen and oxygen atoms in total. The normalized spacial score (nSPS) is 9.82. The summed E-state index contributed by atoms with van der Waals surface area (Å²) in [6, 6.07) is 28.0. The summed E-state index contributed by atoms with van der Waals surface area (Å²) in [7, 11) is 4.17. The van der Waals surface area contributed by atoms with E-state index in [0.29, 0.717) is 134 Å². The van der Waals surface area contributed by atoms with Crippen LogP contribution in [0.5, 0.6) is 17.2 Å². The molecule has 6 aromatic carbocycles. The molecule has 0 saturated carbocycles. The molecule has 0 saturated heterocycles. The summed E-state index contributed by atoms with van der Waals surface area (Å²) in [4.78, 5) is 187. The third kappa shape index (κ3) is 40.1. The van der Waals surface area contributed by atoms with E-state index in [0.717, 1.165) is 0 Å². The average molecular weight is 1640 g/mol. The van der Waals surface area contributed by atoms with E-state index in [4.69, 9.17) is 52.9 Å². The first-order valence-electron chi connectivity index (χ1n) is 33.8. The molecule has 0 aliphatic heterocycles. The number of allylic oxidation sites excluding steroid dienone is 6. The molecule has 0 bridgehead atoms. The minimum atomic E-state index is -1.29. The van der Waals surface area contributed by atoms with Crippen LogP contribution < -0.4 is 14.2 Å². The van der Waals surface area contributed by atoms with Crippen molar-refractivity contribution in [2.75, 3.05) is 101 Å². The van der Waals surface area contributed by atoms with Crippen molar-refractivity contribution in [3.63, 3.8) is 0 Å². The lowest BCUT2D eigenvalue weighted by Gasteiger charge is -2.12. The summed E-state index contributed by atoms with van der Waals surface area (Å²) >= 11 is 0. The first-order valence-corrected chi connectivity index (χ1v) is 33.8. The third-order valence-corrected chi connectivity index (χ3v) is 13.5. The Morgan fingerprint density at radius 1 is 0.282 bits per heavy atom. The van der Waals surface area contributed by atoms with Crippen LogP contribution >= 0.6 is 0 Å². The molecule has 117 heavy (non-hydrogen) atoms. The maximum atomic E-state index is 12.5. The molecule has 3 N–H and O–H groups in total. The van der Waals surface area contributed by atoms with Gasteiger partial charge in [-0.3, -0.25) is 28.8 Å². The van der Waals surface area contributed by atoms with E-state index >= 15 is 0 Å².